The molecule has 31 heavy (non-hydrogen) atoms. The molecule has 5 heteroatoms. The van der Waals surface area contributed by atoms with Crippen LogP contribution in [0.25, 0.3) is 16.5 Å². The van der Waals surface area contributed by atoms with Gasteiger partial charge in [-0.15, -0.1) is 11.3 Å². The summed E-state index contributed by atoms with van der Waals surface area (Å²) in [6.45, 7) is 0.314. The summed E-state index contributed by atoms with van der Waals surface area (Å²) in [4.78, 5) is 28.8. The van der Waals surface area contributed by atoms with Crippen molar-refractivity contribution in [2.24, 2.45) is 0 Å². The number of carbonyl (C=O) groups excluding carboxylic acids is 2. The summed E-state index contributed by atoms with van der Waals surface area (Å²) in [5, 5.41) is 15.1. The van der Waals surface area contributed by atoms with Crippen molar-refractivity contribution >= 4 is 39.6 Å². The van der Waals surface area contributed by atoms with Crippen molar-refractivity contribution < 1.29 is 14.7 Å². The molecular weight excluding hydrogens is 406 g/mol. The number of nitrogens with zero attached hydrogens (tertiary/aromatic N) is 1. The molecule has 1 aliphatic heterocycles. The molecule has 0 saturated carbocycles. The Morgan fingerprint density at radius 1 is 0.871 bits per heavy atom. The highest BCUT2D eigenvalue weighted by molar-refractivity contribution is 7.09. The van der Waals surface area contributed by atoms with Gasteiger partial charge in [0, 0.05) is 10.4 Å². The Morgan fingerprint density at radius 2 is 1.61 bits per heavy atom. The lowest BCUT2D eigenvalue weighted by Gasteiger charge is -2.25. The zero-order chi connectivity index (χ0) is 21.4. The Kier molecular flexibility index (Phi) is 4.88. The molecule has 1 amide bonds. The number of Topliss-reactive ketones (excluding diaryl/α,β-unsaturated/α-hetero) is 1. The lowest BCUT2D eigenvalue weighted by molar-refractivity contribution is -0.140. The zero-order valence-electron chi connectivity index (χ0n) is 16.6. The van der Waals surface area contributed by atoms with E-state index in [-0.39, 0.29) is 11.3 Å². The molecule has 1 aromatic heterocycles. The molecule has 0 bridgehead atoms. The molecule has 0 aliphatic carbocycles. The largest absolute Gasteiger partial charge is 0.507 e. The van der Waals surface area contributed by atoms with Gasteiger partial charge in [0.2, 0.25) is 0 Å². The van der Waals surface area contributed by atoms with Crippen LogP contribution in [-0.4, -0.2) is 21.7 Å². The molecule has 1 aliphatic rings. The van der Waals surface area contributed by atoms with E-state index in [9.17, 15) is 14.7 Å². The van der Waals surface area contributed by atoms with Crippen molar-refractivity contribution in [1.29, 1.82) is 0 Å². The zero-order valence-corrected chi connectivity index (χ0v) is 17.4. The van der Waals surface area contributed by atoms with E-state index >= 15 is 0 Å². The SMILES string of the molecule is O=C1C(=O)N(Cc2cccs2)C(c2ccccc2)/C1=C(/O)c1cccc2ccccc12. The minimum absolute atomic E-state index is 0.129. The number of aliphatic hydroxyl groups excluding tert-OH is 1. The summed E-state index contributed by atoms with van der Waals surface area (Å²) in [5.74, 6) is -1.39. The van der Waals surface area contributed by atoms with E-state index < -0.39 is 17.7 Å². The molecule has 1 fully saturated rings. The van der Waals surface area contributed by atoms with Crippen LogP contribution in [0, 0.1) is 0 Å². The van der Waals surface area contributed by atoms with Crippen molar-refractivity contribution in [2.75, 3.05) is 0 Å². The minimum Gasteiger partial charge on any atom is -0.507 e. The van der Waals surface area contributed by atoms with Gasteiger partial charge in [-0.05, 0) is 27.8 Å². The number of thiophene rings is 1. The third-order valence-electron chi connectivity index (χ3n) is 5.61. The molecule has 152 valence electrons. The number of hydrogen-bond donors (Lipinski definition) is 1. The van der Waals surface area contributed by atoms with E-state index in [1.54, 1.807) is 11.0 Å². The van der Waals surface area contributed by atoms with E-state index in [2.05, 4.69) is 0 Å². The minimum atomic E-state index is -0.657. The average Bonchev–Trinajstić information content (AvgIpc) is 3.41. The number of ketones is 1. The third kappa shape index (κ3) is 3.33. The molecule has 1 saturated heterocycles. The first-order chi connectivity index (χ1) is 15.1. The van der Waals surface area contributed by atoms with Crippen LogP contribution in [0.1, 0.15) is 22.0 Å². The fourth-order valence-corrected chi connectivity index (χ4v) is 4.88. The molecule has 5 rings (SSSR count). The Bertz CT molecular complexity index is 1300. The number of fused-ring (bicyclic) bond motifs is 1. The maximum Gasteiger partial charge on any atom is 0.295 e. The number of amides is 1. The van der Waals surface area contributed by atoms with Crippen LogP contribution in [0.3, 0.4) is 0 Å². The third-order valence-corrected chi connectivity index (χ3v) is 6.47. The van der Waals surface area contributed by atoms with Gasteiger partial charge in [-0.25, -0.2) is 0 Å². The van der Waals surface area contributed by atoms with Crippen LogP contribution in [0.5, 0.6) is 0 Å². The standard InChI is InChI=1S/C26H19NO3S/c28-24(21-14-6-11-17-8-4-5-13-20(17)21)22-23(18-9-2-1-3-10-18)27(26(30)25(22)29)16-19-12-7-15-31-19/h1-15,23,28H,16H2/b24-22-. The van der Waals surface area contributed by atoms with E-state index in [1.807, 2.05) is 84.2 Å². The van der Waals surface area contributed by atoms with Crippen LogP contribution in [0.15, 0.2) is 95.9 Å². The van der Waals surface area contributed by atoms with Gasteiger partial charge in [0.25, 0.3) is 11.7 Å². The smallest absolute Gasteiger partial charge is 0.295 e. The summed E-state index contributed by atoms with van der Waals surface area (Å²) in [5.41, 5.74) is 1.47. The molecule has 1 unspecified atom stereocenters. The maximum absolute atomic E-state index is 13.2. The Labute approximate surface area is 183 Å². The van der Waals surface area contributed by atoms with Gasteiger partial charge in [0.15, 0.2) is 0 Å². The fourth-order valence-electron chi connectivity index (χ4n) is 4.17. The molecule has 0 radical (unpaired) electrons. The molecule has 1 atom stereocenters. The van der Waals surface area contributed by atoms with Crippen molar-refractivity contribution in [2.45, 2.75) is 12.6 Å². The summed E-state index contributed by atoms with van der Waals surface area (Å²) < 4.78 is 0. The molecule has 4 nitrogen and oxygen atoms in total. The molecule has 4 aromatic rings. The summed E-state index contributed by atoms with van der Waals surface area (Å²) in [7, 11) is 0. The first-order valence-corrected chi connectivity index (χ1v) is 10.9. The Hall–Kier alpha value is -3.70. The van der Waals surface area contributed by atoms with Crippen LogP contribution in [0.4, 0.5) is 0 Å². The van der Waals surface area contributed by atoms with Crippen molar-refractivity contribution in [3.8, 4) is 0 Å². The Balaban J connectivity index is 1.71. The van der Waals surface area contributed by atoms with Crippen molar-refractivity contribution in [3.05, 3.63) is 112 Å². The van der Waals surface area contributed by atoms with Gasteiger partial charge in [0.05, 0.1) is 18.2 Å². The quantitative estimate of drug-likeness (QED) is 0.266. The molecule has 3 aromatic carbocycles. The normalized spacial score (nSPS) is 18.1. The number of benzene rings is 3. The highest BCUT2D eigenvalue weighted by Crippen LogP contribution is 2.41. The van der Waals surface area contributed by atoms with Gasteiger partial charge in [0.1, 0.15) is 5.76 Å². The lowest BCUT2D eigenvalue weighted by atomic mass is 9.93. The first kappa shape index (κ1) is 19.3. The van der Waals surface area contributed by atoms with E-state index in [0.717, 1.165) is 21.2 Å². The lowest BCUT2D eigenvalue weighted by Crippen LogP contribution is -2.28. The second-order valence-electron chi connectivity index (χ2n) is 7.44. The molecule has 1 N–H and O–H groups in total. The van der Waals surface area contributed by atoms with Gasteiger partial charge >= 0.3 is 0 Å². The molecule has 0 spiro atoms. The second-order valence-corrected chi connectivity index (χ2v) is 8.48. The topological polar surface area (TPSA) is 57.6 Å². The molecular formula is C26H19NO3S. The van der Waals surface area contributed by atoms with Gasteiger partial charge in [-0.2, -0.15) is 0 Å². The summed E-state index contributed by atoms with van der Waals surface area (Å²) >= 11 is 1.53. The first-order valence-electron chi connectivity index (χ1n) is 9.99. The van der Waals surface area contributed by atoms with Gasteiger partial charge < -0.3 is 10.0 Å². The predicted molar refractivity (Wildman–Crippen MR) is 123 cm³/mol. The van der Waals surface area contributed by atoms with Gasteiger partial charge in [-0.3, -0.25) is 9.59 Å². The number of aliphatic hydroxyl groups is 1. The van der Waals surface area contributed by atoms with E-state index in [1.165, 1.54) is 11.3 Å². The second kappa shape index (κ2) is 7.85. The highest BCUT2D eigenvalue weighted by atomic mass is 32.1. The van der Waals surface area contributed by atoms with E-state index in [0.29, 0.717) is 12.1 Å². The van der Waals surface area contributed by atoms with Crippen molar-refractivity contribution in [3.63, 3.8) is 0 Å². The van der Waals surface area contributed by atoms with Crippen LogP contribution in [0.2, 0.25) is 0 Å². The number of carbonyl (C=O) groups is 2. The van der Waals surface area contributed by atoms with Crippen LogP contribution < -0.4 is 0 Å². The monoisotopic (exact) mass is 425 g/mol. The van der Waals surface area contributed by atoms with E-state index in [4.69, 9.17) is 0 Å². The highest BCUT2D eigenvalue weighted by Gasteiger charge is 2.46. The average molecular weight is 426 g/mol. The maximum atomic E-state index is 13.2. The summed E-state index contributed by atoms with van der Waals surface area (Å²) in [6.07, 6.45) is 0. The van der Waals surface area contributed by atoms with Crippen LogP contribution >= 0.6 is 11.3 Å². The number of hydrogen-bond acceptors (Lipinski definition) is 4. The summed E-state index contributed by atoms with van der Waals surface area (Å²) in [6, 6.07) is 25.9. The molecule has 2 heterocycles. The van der Waals surface area contributed by atoms with Gasteiger partial charge in [-0.1, -0.05) is 78.9 Å². The fraction of sp³-hybridized carbons (Fsp3) is 0.0769. The van der Waals surface area contributed by atoms with Crippen LogP contribution in [-0.2, 0) is 16.1 Å². The number of likely N-dealkylation sites (tertiary alicyclic amines) is 1. The predicted octanol–water partition coefficient (Wildman–Crippen LogP) is 5.52. The number of rotatable bonds is 4. The Morgan fingerprint density at radius 3 is 2.39 bits per heavy atom. The van der Waals surface area contributed by atoms with Crippen molar-refractivity contribution in [1.82, 2.24) is 4.90 Å².